The molecule has 7 heteroatoms. The molecule has 0 saturated heterocycles. The molecule has 0 unspecified atom stereocenters. The van der Waals surface area contributed by atoms with Crippen LogP contribution in [0.4, 0.5) is 0 Å². The van der Waals surface area contributed by atoms with Crippen LogP contribution >= 0.6 is 0 Å². The van der Waals surface area contributed by atoms with E-state index in [1.54, 1.807) is 30.1 Å². The second-order valence-corrected chi connectivity index (χ2v) is 7.53. The van der Waals surface area contributed by atoms with Crippen molar-refractivity contribution in [2.24, 2.45) is 7.05 Å². The van der Waals surface area contributed by atoms with Crippen LogP contribution in [-0.2, 0) is 13.6 Å². The molecular formula is C23H22N4O3. The number of amides is 1. The Morgan fingerprint density at radius 1 is 1.07 bits per heavy atom. The quantitative estimate of drug-likeness (QED) is 0.569. The molecule has 4 rings (SSSR count). The molecule has 0 aliphatic rings. The summed E-state index contributed by atoms with van der Waals surface area (Å²) in [7, 11) is 1.68. The number of nitrogens with zero attached hydrogens (tertiary/aromatic N) is 3. The zero-order valence-electron chi connectivity index (χ0n) is 17.0. The number of hydrogen-bond acceptors (Lipinski definition) is 4. The van der Waals surface area contributed by atoms with Gasteiger partial charge in [-0.1, -0.05) is 30.3 Å². The van der Waals surface area contributed by atoms with Gasteiger partial charge in [0.2, 0.25) is 0 Å². The molecule has 0 aliphatic carbocycles. The summed E-state index contributed by atoms with van der Waals surface area (Å²) in [4.78, 5) is 47.2. The smallest absolute Gasteiger partial charge is 0.258 e. The van der Waals surface area contributed by atoms with E-state index >= 15 is 0 Å². The fraction of sp³-hybridized carbons (Fsp3) is 0.217. The maximum absolute atomic E-state index is 13.5. The van der Waals surface area contributed by atoms with Crippen LogP contribution in [0.5, 0.6) is 0 Å². The van der Waals surface area contributed by atoms with E-state index in [4.69, 9.17) is 0 Å². The Hall–Kier alpha value is -3.74. The van der Waals surface area contributed by atoms with Gasteiger partial charge in [0, 0.05) is 24.5 Å². The molecule has 7 nitrogen and oxygen atoms in total. The number of aromatic nitrogens is 3. The number of aromatic amines is 1. The van der Waals surface area contributed by atoms with Crippen molar-refractivity contribution in [2.45, 2.75) is 26.4 Å². The van der Waals surface area contributed by atoms with Crippen LogP contribution in [0.15, 0.2) is 64.2 Å². The molecule has 0 fully saturated rings. The predicted molar refractivity (Wildman–Crippen MR) is 117 cm³/mol. The molecule has 4 aromatic rings. The highest BCUT2D eigenvalue weighted by Crippen LogP contribution is 2.20. The van der Waals surface area contributed by atoms with Gasteiger partial charge in [0.05, 0.1) is 28.5 Å². The lowest BCUT2D eigenvalue weighted by Gasteiger charge is -2.27. The van der Waals surface area contributed by atoms with Crippen LogP contribution in [0.25, 0.3) is 21.8 Å². The SMILES string of the molecule is CC(C)N(Cc1nc2ccccc2c(=O)[nH]1)C(=O)c1cc(=O)n(C)c2ccccc12. The minimum atomic E-state index is -0.283. The number of nitrogens with one attached hydrogen (secondary N) is 1. The summed E-state index contributed by atoms with van der Waals surface area (Å²) >= 11 is 0. The van der Waals surface area contributed by atoms with Crippen LogP contribution in [0.2, 0.25) is 0 Å². The molecular weight excluding hydrogens is 380 g/mol. The zero-order valence-corrected chi connectivity index (χ0v) is 17.0. The highest BCUT2D eigenvalue weighted by Gasteiger charge is 2.23. The average molecular weight is 402 g/mol. The first-order valence-corrected chi connectivity index (χ1v) is 9.74. The highest BCUT2D eigenvalue weighted by molar-refractivity contribution is 6.06. The summed E-state index contributed by atoms with van der Waals surface area (Å²) < 4.78 is 1.52. The Morgan fingerprint density at radius 2 is 1.73 bits per heavy atom. The first-order chi connectivity index (χ1) is 14.4. The molecule has 30 heavy (non-hydrogen) atoms. The van der Waals surface area contributed by atoms with Crippen molar-refractivity contribution in [3.63, 3.8) is 0 Å². The topological polar surface area (TPSA) is 88.1 Å². The van der Waals surface area contributed by atoms with Gasteiger partial charge in [-0.15, -0.1) is 0 Å². The van der Waals surface area contributed by atoms with Gasteiger partial charge < -0.3 is 14.5 Å². The van der Waals surface area contributed by atoms with Crippen molar-refractivity contribution in [1.29, 1.82) is 0 Å². The number of benzene rings is 2. The van der Waals surface area contributed by atoms with Crippen molar-refractivity contribution in [3.8, 4) is 0 Å². The Kier molecular flexibility index (Phi) is 4.95. The molecule has 2 aromatic heterocycles. The lowest BCUT2D eigenvalue weighted by molar-refractivity contribution is 0.0687. The van der Waals surface area contributed by atoms with Gasteiger partial charge in [-0.05, 0) is 32.0 Å². The number of pyridine rings is 1. The van der Waals surface area contributed by atoms with Crippen LogP contribution in [0.3, 0.4) is 0 Å². The van der Waals surface area contributed by atoms with E-state index in [0.29, 0.717) is 33.2 Å². The van der Waals surface area contributed by atoms with E-state index in [0.717, 1.165) is 0 Å². The maximum Gasteiger partial charge on any atom is 0.258 e. The molecule has 0 saturated carbocycles. The highest BCUT2D eigenvalue weighted by atomic mass is 16.2. The van der Waals surface area contributed by atoms with Gasteiger partial charge in [-0.3, -0.25) is 14.4 Å². The first-order valence-electron chi connectivity index (χ1n) is 9.74. The van der Waals surface area contributed by atoms with Crippen LogP contribution in [0, 0.1) is 0 Å². The Labute approximate surface area is 172 Å². The van der Waals surface area contributed by atoms with E-state index in [1.807, 2.05) is 44.2 Å². The van der Waals surface area contributed by atoms with Gasteiger partial charge >= 0.3 is 0 Å². The van der Waals surface area contributed by atoms with E-state index in [9.17, 15) is 14.4 Å². The number of fused-ring (bicyclic) bond motifs is 2. The standard InChI is InChI=1S/C23H22N4O3/c1-14(2)27(13-20-24-18-10-6-4-9-16(18)22(29)25-20)23(30)17-12-21(28)26(3)19-11-7-5-8-15(17)19/h4-12,14H,13H2,1-3H3,(H,24,25,29). The van der Waals surface area contributed by atoms with Gasteiger partial charge in [-0.2, -0.15) is 0 Å². The van der Waals surface area contributed by atoms with Crippen LogP contribution in [0.1, 0.15) is 30.0 Å². The Bertz CT molecular complexity index is 1380. The van der Waals surface area contributed by atoms with Gasteiger partial charge in [0.1, 0.15) is 5.82 Å². The van der Waals surface area contributed by atoms with Crippen molar-refractivity contribution in [1.82, 2.24) is 19.4 Å². The van der Waals surface area contributed by atoms with Crippen molar-refractivity contribution >= 4 is 27.7 Å². The molecule has 0 spiro atoms. The average Bonchev–Trinajstić information content (AvgIpc) is 2.74. The van der Waals surface area contributed by atoms with E-state index < -0.39 is 0 Å². The number of carbonyl (C=O) groups is 1. The van der Waals surface area contributed by atoms with E-state index in [-0.39, 0.29) is 29.6 Å². The van der Waals surface area contributed by atoms with Gasteiger partial charge in [0.25, 0.3) is 17.0 Å². The second-order valence-electron chi connectivity index (χ2n) is 7.53. The summed E-state index contributed by atoms with van der Waals surface area (Å²) in [5.41, 5.74) is 1.11. The lowest BCUT2D eigenvalue weighted by Crippen LogP contribution is -2.38. The molecule has 2 aromatic carbocycles. The lowest BCUT2D eigenvalue weighted by atomic mass is 10.1. The van der Waals surface area contributed by atoms with Gasteiger partial charge in [-0.25, -0.2) is 4.98 Å². The fourth-order valence-corrected chi connectivity index (χ4v) is 3.60. The minimum absolute atomic E-state index is 0.125. The summed E-state index contributed by atoms with van der Waals surface area (Å²) in [5.74, 6) is 0.114. The molecule has 0 aliphatic heterocycles. The van der Waals surface area contributed by atoms with E-state index in [2.05, 4.69) is 9.97 Å². The second kappa shape index (κ2) is 7.59. The summed E-state index contributed by atoms with van der Waals surface area (Å²) in [6.07, 6.45) is 0. The first kappa shape index (κ1) is 19.6. The summed E-state index contributed by atoms with van der Waals surface area (Å²) in [6.45, 7) is 3.90. The third-order valence-electron chi connectivity index (χ3n) is 5.25. The Balaban J connectivity index is 1.79. The number of aryl methyl sites for hydroxylation is 1. The fourth-order valence-electron chi connectivity index (χ4n) is 3.60. The van der Waals surface area contributed by atoms with Crippen LogP contribution in [-0.4, -0.2) is 31.4 Å². The number of carbonyl (C=O) groups excluding carboxylic acids is 1. The zero-order chi connectivity index (χ0) is 21.4. The molecule has 1 amide bonds. The molecule has 0 radical (unpaired) electrons. The van der Waals surface area contributed by atoms with Crippen molar-refractivity contribution in [2.75, 3.05) is 0 Å². The maximum atomic E-state index is 13.5. The molecule has 152 valence electrons. The number of rotatable bonds is 4. The number of para-hydroxylation sites is 2. The summed E-state index contributed by atoms with van der Waals surface area (Å²) in [6, 6.07) is 15.6. The third-order valence-corrected chi connectivity index (χ3v) is 5.25. The Morgan fingerprint density at radius 3 is 2.47 bits per heavy atom. The normalized spacial score (nSPS) is 11.3. The van der Waals surface area contributed by atoms with Crippen LogP contribution < -0.4 is 11.1 Å². The number of hydrogen-bond donors (Lipinski definition) is 1. The van der Waals surface area contributed by atoms with Gasteiger partial charge in [0.15, 0.2) is 0 Å². The monoisotopic (exact) mass is 402 g/mol. The molecule has 0 atom stereocenters. The number of H-pyrrole nitrogens is 1. The molecule has 2 heterocycles. The minimum Gasteiger partial charge on any atom is -0.329 e. The largest absolute Gasteiger partial charge is 0.329 e. The third kappa shape index (κ3) is 3.39. The predicted octanol–water partition coefficient (Wildman–Crippen LogP) is 2.83. The molecule has 0 bridgehead atoms. The molecule has 1 N–H and O–H groups in total. The van der Waals surface area contributed by atoms with Crippen molar-refractivity contribution in [3.05, 3.63) is 86.7 Å². The van der Waals surface area contributed by atoms with E-state index in [1.165, 1.54) is 10.6 Å². The summed E-state index contributed by atoms with van der Waals surface area (Å²) in [5, 5.41) is 1.21. The van der Waals surface area contributed by atoms with Crippen molar-refractivity contribution < 1.29 is 4.79 Å².